The molecule has 2 aromatic carbocycles. The Morgan fingerprint density at radius 2 is 2.10 bits per heavy atom. The molecule has 5 rings (SSSR count). The number of aryl methyl sites for hydroxylation is 1. The molecular weight excluding hydrogens is 569 g/mol. The van der Waals surface area contributed by atoms with Crippen molar-refractivity contribution in [2.75, 3.05) is 16.0 Å². The van der Waals surface area contributed by atoms with Gasteiger partial charge in [-0.25, -0.2) is 4.39 Å². The maximum Gasteiger partial charge on any atom is 0.274 e. The Morgan fingerprint density at radius 1 is 1.32 bits per heavy atom. The lowest BCUT2D eigenvalue weighted by atomic mass is 9.75. The monoisotopic (exact) mass is 591 g/mol. The molecule has 0 radical (unpaired) electrons. The smallest absolute Gasteiger partial charge is 0.274 e. The molecule has 0 spiro atoms. The summed E-state index contributed by atoms with van der Waals surface area (Å²) in [5.41, 5.74) is 8.29. The van der Waals surface area contributed by atoms with E-state index in [4.69, 9.17) is 5.73 Å². The predicted octanol–water partition coefficient (Wildman–Crippen LogP) is 4.93. The lowest BCUT2D eigenvalue weighted by Crippen LogP contribution is -2.38. The topological polar surface area (TPSA) is 168 Å². The molecule has 1 amide bonds. The summed E-state index contributed by atoms with van der Waals surface area (Å²) in [6, 6.07) is 12.5. The number of hydrogen-bond acceptors (Lipinski definition) is 11. The minimum atomic E-state index is -0.927. The molecule has 3 N–H and O–H groups in total. The molecule has 11 nitrogen and oxygen atoms in total. The number of carbonyl (C=O) groups is 2. The Hall–Kier alpha value is -4.61. The summed E-state index contributed by atoms with van der Waals surface area (Å²) in [4.78, 5) is 37.9. The normalized spacial score (nSPS) is 16.9. The number of halogens is 1. The number of nitriles is 1. The highest BCUT2D eigenvalue weighted by atomic mass is 32.2. The first kappa shape index (κ1) is 27.9. The molecule has 1 atom stereocenters. The summed E-state index contributed by atoms with van der Waals surface area (Å²) in [7, 11) is 0. The first-order valence-corrected chi connectivity index (χ1v) is 14.2. The predicted molar refractivity (Wildman–Crippen MR) is 151 cm³/mol. The van der Waals surface area contributed by atoms with Crippen LogP contribution >= 0.6 is 23.1 Å². The summed E-state index contributed by atoms with van der Waals surface area (Å²) >= 11 is 2.22. The van der Waals surface area contributed by atoms with Crippen LogP contribution in [0.2, 0.25) is 0 Å². The van der Waals surface area contributed by atoms with Gasteiger partial charge in [0.15, 0.2) is 10.1 Å². The fourth-order valence-electron chi connectivity index (χ4n) is 4.88. The van der Waals surface area contributed by atoms with Gasteiger partial charge in [-0.05, 0) is 31.9 Å². The zero-order chi connectivity index (χ0) is 29.3. The third-order valence-corrected chi connectivity index (χ3v) is 8.77. The highest BCUT2D eigenvalue weighted by molar-refractivity contribution is 8.01. The average Bonchev–Trinajstić information content (AvgIpc) is 3.41. The number of allylic oxidation sites excluding steroid dienone is 3. The Bertz CT molecular complexity index is 1690. The number of anilines is 2. The number of rotatable bonds is 7. The standard InChI is InChI=1S/C27H22FN7O4S2/c1-14-9-10-15(11-20(14)35(38)39)31-22(37)13-40-27-33-32-26(41-27)34-19-7-4-8-21(36)24(19)23(17(12-29)25(34)30)16-5-2-3-6-18(16)28/h2-3,5-6,9-11,23H,4,7-8,13,30H2,1H3,(H,31,37). The first-order chi connectivity index (χ1) is 19.7. The van der Waals surface area contributed by atoms with E-state index in [0.29, 0.717) is 44.8 Å². The fraction of sp³-hybridized carbons (Fsp3) is 0.222. The van der Waals surface area contributed by atoms with E-state index in [1.165, 1.54) is 23.1 Å². The van der Waals surface area contributed by atoms with Crippen LogP contribution in [0.3, 0.4) is 0 Å². The molecule has 2 heterocycles. The molecule has 208 valence electrons. The number of nitro groups is 1. The van der Waals surface area contributed by atoms with E-state index in [-0.39, 0.29) is 40.6 Å². The number of Topliss-reactive ketones (excluding diaryl/α,β-unsaturated/α-hetero) is 1. The van der Waals surface area contributed by atoms with Crippen molar-refractivity contribution in [3.05, 3.63) is 92.2 Å². The van der Waals surface area contributed by atoms with Gasteiger partial charge < -0.3 is 11.1 Å². The van der Waals surface area contributed by atoms with Gasteiger partial charge in [-0.3, -0.25) is 24.6 Å². The summed E-state index contributed by atoms with van der Waals surface area (Å²) in [6.07, 6.45) is 1.30. The number of nitrogens with one attached hydrogen (secondary N) is 1. The third-order valence-electron chi connectivity index (χ3n) is 6.73. The molecule has 3 aromatic rings. The molecule has 1 aliphatic carbocycles. The Labute approximate surface area is 241 Å². The number of thioether (sulfide) groups is 1. The lowest BCUT2D eigenvalue weighted by molar-refractivity contribution is -0.385. The van der Waals surface area contributed by atoms with Gasteiger partial charge in [-0.1, -0.05) is 47.4 Å². The molecule has 1 aromatic heterocycles. The molecule has 0 bridgehead atoms. The zero-order valence-electron chi connectivity index (χ0n) is 21.6. The number of amides is 1. The van der Waals surface area contributed by atoms with Crippen LogP contribution in [0.4, 0.5) is 20.9 Å². The maximum absolute atomic E-state index is 14.9. The number of nitro benzene ring substituents is 1. The average molecular weight is 592 g/mol. The van der Waals surface area contributed by atoms with Crippen molar-refractivity contribution >= 4 is 51.3 Å². The Kier molecular flexibility index (Phi) is 7.82. The second kappa shape index (κ2) is 11.5. The fourth-order valence-corrected chi connectivity index (χ4v) is 6.57. The van der Waals surface area contributed by atoms with Crippen molar-refractivity contribution in [2.24, 2.45) is 5.73 Å². The van der Waals surface area contributed by atoms with E-state index in [1.807, 2.05) is 0 Å². The Morgan fingerprint density at radius 3 is 2.83 bits per heavy atom. The zero-order valence-corrected chi connectivity index (χ0v) is 23.2. The largest absolute Gasteiger partial charge is 0.384 e. The molecule has 0 fully saturated rings. The number of nitrogens with zero attached hydrogens (tertiary/aromatic N) is 5. The quantitative estimate of drug-likeness (QED) is 0.218. The molecule has 1 aliphatic heterocycles. The van der Waals surface area contributed by atoms with Crippen molar-refractivity contribution in [1.29, 1.82) is 5.26 Å². The van der Waals surface area contributed by atoms with E-state index in [1.54, 1.807) is 31.2 Å². The number of ketones is 1. The van der Waals surface area contributed by atoms with E-state index < -0.39 is 22.6 Å². The molecule has 0 saturated carbocycles. The van der Waals surface area contributed by atoms with Gasteiger partial charge >= 0.3 is 0 Å². The molecule has 2 aliphatic rings. The second-order valence-corrected chi connectivity index (χ2v) is 11.5. The number of hydrogen-bond donors (Lipinski definition) is 2. The van der Waals surface area contributed by atoms with E-state index in [0.717, 1.165) is 23.1 Å². The molecular formula is C27H22FN7O4S2. The highest BCUT2D eigenvalue weighted by Gasteiger charge is 2.42. The van der Waals surface area contributed by atoms with Crippen LogP contribution in [0, 0.1) is 34.2 Å². The molecule has 1 unspecified atom stereocenters. The summed E-state index contributed by atoms with van der Waals surface area (Å²) in [5, 5.41) is 32.6. The van der Waals surface area contributed by atoms with Gasteiger partial charge in [0, 0.05) is 40.6 Å². The van der Waals surface area contributed by atoms with Crippen molar-refractivity contribution < 1.29 is 18.9 Å². The van der Waals surface area contributed by atoms with Gasteiger partial charge in [-0.15, -0.1) is 10.2 Å². The summed E-state index contributed by atoms with van der Waals surface area (Å²) in [6.45, 7) is 1.61. The number of benzene rings is 2. The number of carbonyl (C=O) groups excluding carboxylic acids is 2. The van der Waals surface area contributed by atoms with Crippen LogP contribution in [-0.4, -0.2) is 32.6 Å². The summed E-state index contributed by atoms with van der Waals surface area (Å²) < 4.78 is 15.3. The van der Waals surface area contributed by atoms with Crippen molar-refractivity contribution in [3.8, 4) is 6.07 Å². The Balaban J connectivity index is 1.39. The molecule has 41 heavy (non-hydrogen) atoms. The van der Waals surface area contributed by atoms with Gasteiger partial charge in [0.05, 0.1) is 28.2 Å². The van der Waals surface area contributed by atoms with Crippen LogP contribution in [0.1, 0.15) is 36.3 Å². The van der Waals surface area contributed by atoms with Crippen LogP contribution in [0.15, 0.2) is 69.5 Å². The maximum atomic E-state index is 14.9. The van der Waals surface area contributed by atoms with Crippen LogP contribution in [0.25, 0.3) is 0 Å². The highest BCUT2D eigenvalue weighted by Crippen LogP contribution is 2.47. The van der Waals surface area contributed by atoms with Crippen LogP contribution in [0.5, 0.6) is 0 Å². The second-order valence-electron chi connectivity index (χ2n) is 9.28. The van der Waals surface area contributed by atoms with Gasteiger partial charge in [0.25, 0.3) is 5.69 Å². The minimum Gasteiger partial charge on any atom is -0.384 e. The van der Waals surface area contributed by atoms with Crippen molar-refractivity contribution in [2.45, 2.75) is 36.4 Å². The first-order valence-electron chi connectivity index (χ1n) is 12.4. The molecule has 14 heteroatoms. The lowest BCUT2D eigenvalue weighted by Gasteiger charge is -2.38. The van der Waals surface area contributed by atoms with E-state index >= 15 is 0 Å². The van der Waals surface area contributed by atoms with E-state index in [2.05, 4.69) is 21.6 Å². The minimum absolute atomic E-state index is 0.0417. The van der Waals surface area contributed by atoms with E-state index in [9.17, 15) is 29.4 Å². The van der Waals surface area contributed by atoms with Crippen LogP contribution in [-0.2, 0) is 9.59 Å². The third kappa shape index (κ3) is 5.41. The van der Waals surface area contributed by atoms with Crippen molar-refractivity contribution in [3.63, 3.8) is 0 Å². The summed E-state index contributed by atoms with van der Waals surface area (Å²) in [5.74, 6) is -2.05. The molecule has 0 saturated heterocycles. The SMILES string of the molecule is Cc1ccc(NC(=O)CSc2nnc(N3C(N)=C(C#N)C(c4ccccc4F)C4=C3CCCC4=O)s2)cc1[N+](=O)[O-]. The van der Waals surface area contributed by atoms with Gasteiger partial charge in [-0.2, -0.15) is 5.26 Å². The van der Waals surface area contributed by atoms with Crippen LogP contribution < -0.4 is 16.0 Å². The van der Waals surface area contributed by atoms with Gasteiger partial charge in [0.1, 0.15) is 11.6 Å². The number of nitrogens with two attached hydrogens (primary N) is 1. The number of aromatic nitrogens is 2. The van der Waals surface area contributed by atoms with Gasteiger partial charge in [0.2, 0.25) is 11.0 Å². The van der Waals surface area contributed by atoms with Crippen molar-refractivity contribution in [1.82, 2.24) is 10.2 Å².